The molecule has 2 aromatic heterocycles. The van der Waals surface area contributed by atoms with Gasteiger partial charge in [-0.3, -0.25) is 9.59 Å². The molecular formula is C27H30N6O4S2. The van der Waals surface area contributed by atoms with Crippen molar-refractivity contribution in [1.82, 2.24) is 20.1 Å². The van der Waals surface area contributed by atoms with Gasteiger partial charge in [-0.15, -0.1) is 22.7 Å². The Bertz CT molecular complexity index is 1340. The molecule has 3 aliphatic rings. The molecule has 6 rings (SSSR count). The minimum Gasteiger partial charge on any atom is -0.378 e. The van der Waals surface area contributed by atoms with Crippen molar-refractivity contribution in [2.24, 2.45) is 0 Å². The van der Waals surface area contributed by atoms with E-state index < -0.39 is 0 Å². The normalized spacial score (nSPS) is 19.5. The third-order valence-corrected chi connectivity index (χ3v) is 9.40. The van der Waals surface area contributed by atoms with Crippen LogP contribution in [0.1, 0.15) is 33.4 Å². The van der Waals surface area contributed by atoms with E-state index in [4.69, 9.17) is 4.74 Å². The van der Waals surface area contributed by atoms with E-state index in [0.717, 1.165) is 40.5 Å². The molecule has 0 bridgehead atoms. The number of amides is 4. The number of rotatable bonds is 6. The molecule has 0 saturated carbocycles. The number of carbonyl (C=O) groups excluding carboxylic acids is 3. The van der Waals surface area contributed by atoms with Crippen LogP contribution in [0.4, 0.5) is 15.5 Å². The Morgan fingerprint density at radius 2 is 1.77 bits per heavy atom. The number of thiazole rings is 1. The zero-order valence-corrected chi connectivity index (χ0v) is 23.0. The third kappa shape index (κ3) is 5.83. The highest BCUT2D eigenvalue weighted by atomic mass is 32.1. The van der Waals surface area contributed by atoms with Crippen molar-refractivity contribution < 1.29 is 19.1 Å². The number of urea groups is 1. The number of hydrogen-bond acceptors (Lipinski definition) is 8. The molecule has 3 aliphatic heterocycles. The number of nitrogens with one attached hydrogen (secondary N) is 3. The first kappa shape index (κ1) is 25.9. The van der Waals surface area contributed by atoms with Crippen LogP contribution in [0.3, 0.4) is 0 Å². The predicted molar refractivity (Wildman–Crippen MR) is 152 cm³/mol. The van der Waals surface area contributed by atoms with Gasteiger partial charge < -0.3 is 30.5 Å². The van der Waals surface area contributed by atoms with Crippen LogP contribution in [0.25, 0.3) is 10.4 Å². The molecule has 4 amide bonds. The zero-order chi connectivity index (χ0) is 26.8. The van der Waals surface area contributed by atoms with E-state index >= 15 is 0 Å². The van der Waals surface area contributed by atoms with Crippen LogP contribution >= 0.6 is 22.7 Å². The van der Waals surface area contributed by atoms with Crippen LogP contribution in [0.2, 0.25) is 0 Å². The molecule has 0 unspecified atom stereocenters. The van der Waals surface area contributed by atoms with E-state index in [2.05, 4.69) is 20.9 Å². The lowest BCUT2D eigenvalue weighted by Crippen LogP contribution is -2.48. The van der Waals surface area contributed by atoms with E-state index in [1.165, 1.54) is 11.3 Å². The molecule has 3 N–H and O–H groups in total. The number of benzene rings is 1. The van der Waals surface area contributed by atoms with E-state index in [0.29, 0.717) is 49.3 Å². The highest BCUT2D eigenvalue weighted by Crippen LogP contribution is 2.36. The van der Waals surface area contributed by atoms with Gasteiger partial charge in [0.25, 0.3) is 5.91 Å². The molecule has 39 heavy (non-hydrogen) atoms. The standard InChI is InChI=1S/C27H30N6O4S2/c34-24(20-2-1-9-28-20)31-23-8-7-21(38-23)26(35)33-15-18(16-33)25-29-14-22(39-25)17-3-5-19(6-4-17)30-27(36)32-10-12-37-13-11-32/h3-8,14,18,20,28H,1-2,9-13,15-16H2,(H,30,36)(H,31,34)/t20-/m0/s1. The molecule has 1 atom stereocenters. The number of hydrogen-bond donors (Lipinski definition) is 3. The van der Waals surface area contributed by atoms with E-state index in [-0.39, 0.29) is 29.8 Å². The molecule has 3 saturated heterocycles. The Labute approximate surface area is 234 Å². The maximum absolute atomic E-state index is 13.0. The summed E-state index contributed by atoms with van der Waals surface area (Å²) in [7, 11) is 0. The lowest BCUT2D eigenvalue weighted by molar-refractivity contribution is -0.117. The average molecular weight is 567 g/mol. The van der Waals surface area contributed by atoms with Gasteiger partial charge in [0.05, 0.1) is 39.0 Å². The van der Waals surface area contributed by atoms with Crippen molar-refractivity contribution in [1.29, 1.82) is 0 Å². The summed E-state index contributed by atoms with van der Waals surface area (Å²) in [4.78, 5) is 47.6. The average Bonchev–Trinajstić information content (AvgIpc) is 3.71. The van der Waals surface area contributed by atoms with Crippen molar-refractivity contribution in [3.8, 4) is 10.4 Å². The lowest BCUT2D eigenvalue weighted by Gasteiger charge is -2.37. The Morgan fingerprint density at radius 1 is 0.974 bits per heavy atom. The molecule has 0 aliphatic carbocycles. The Morgan fingerprint density at radius 3 is 2.51 bits per heavy atom. The number of anilines is 2. The highest BCUT2D eigenvalue weighted by Gasteiger charge is 2.35. The zero-order valence-electron chi connectivity index (χ0n) is 21.4. The third-order valence-electron chi connectivity index (χ3n) is 7.20. The molecular weight excluding hydrogens is 536 g/mol. The summed E-state index contributed by atoms with van der Waals surface area (Å²) in [6.45, 7) is 4.46. The van der Waals surface area contributed by atoms with Crippen molar-refractivity contribution in [2.45, 2.75) is 24.8 Å². The van der Waals surface area contributed by atoms with Gasteiger partial charge in [-0.05, 0) is 49.2 Å². The van der Waals surface area contributed by atoms with E-state index in [1.54, 1.807) is 28.4 Å². The Balaban J connectivity index is 0.999. The van der Waals surface area contributed by atoms with Gasteiger partial charge in [0.1, 0.15) is 0 Å². The SMILES string of the molecule is O=C(Nc1ccc(C(=O)N2CC(c3ncc(-c4ccc(NC(=O)N5CCOCC5)cc4)s3)C2)s1)[C@@H]1CCCN1. The van der Waals surface area contributed by atoms with Crippen molar-refractivity contribution in [2.75, 3.05) is 56.6 Å². The quantitative estimate of drug-likeness (QED) is 0.420. The van der Waals surface area contributed by atoms with Gasteiger partial charge in [-0.1, -0.05) is 12.1 Å². The van der Waals surface area contributed by atoms with Gasteiger partial charge in [0.2, 0.25) is 5.91 Å². The van der Waals surface area contributed by atoms with Gasteiger partial charge >= 0.3 is 6.03 Å². The number of thiophene rings is 1. The van der Waals surface area contributed by atoms with Crippen LogP contribution in [0, 0.1) is 0 Å². The first-order valence-corrected chi connectivity index (χ1v) is 14.8. The number of carbonyl (C=O) groups is 3. The Hall–Kier alpha value is -3.32. The summed E-state index contributed by atoms with van der Waals surface area (Å²) in [5.41, 5.74) is 1.79. The second-order valence-corrected chi connectivity index (χ2v) is 12.0. The van der Waals surface area contributed by atoms with E-state index in [1.807, 2.05) is 35.4 Å². The fourth-order valence-corrected chi connectivity index (χ4v) is 6.77. The van der Waals surface area contributed by atoms with Crippen molar-refractivity contribution >= 4 is 51.2 Å². The molecule has 204 valence electrons. The lowest BCUT2D eigenvalue weighted by atomic mass is 10.0. The number of morpholine rings is 1. The molecule has 1 aromatic carbocycles. The summed E-state index contributed by atoms with van der Waals surface area (Å²) in [5, 5.41) is 10.8. The number of aromatic nitrogens is 1. The molecule has 12 heteroatoms. The van der Waals surface area contributed by atoms with Crippen molar-refractivity contribution in [3.05, 3.63) is 52.5 Å². The van der Waals surface area contributed by atoms with E-state index in [9.17, 15) is 14.4 Å². The van der Waals surface area contributed by atoms with Crippen LogP contribution in [0.15, 0.2) is 42.6 Å². The molecule has 0 spiro atoms. The minimum absolute atomic E-state index is 0.0118. The number of ether oxygens (including phenoxy) is 1. The number of nitrogens with zero attached hydrogens (tertiary/aromatic N) is 3. The summed E-state index contributed by atoms with van der Waals surface area (Å²) in [6, 6.07) is 11.1. The predicted octanol–water partition coefficient (Wildman–Crippen LogP) is 3.67. The summed E-state index contributed by atoms with van der Waals surface area (Å²) < 4.78 is 5.30. The molecule has 3 fully saturated rings. The summed E-state index contributed by atoms with van der Waals surface area (Å²) in [5.74, 6) is 0.166. The van der Waals surface area contributed by atoms with Gasteiger partial charge in [-0.2, -0.15) is 0 Å². The first-order valence-electron chi connectivity index (χ1n) is 13.2. The molecule has 3 aromatic rings. The van der Waals surface area contributed by atoms with Crippen molar-refractivity contribution in [3.63, 3.8) is 0 Å². The largest absolute Gasteiger partial charge is 0.378 e. The molecule has 10 nitrogen and oxygen atoms in total. The van der Waals surface area contributed by atoms with Gasteiger partial charge in [-0.25, -0.2) is 9.78 Å². The summed E-state index contributed by atoms with van der Waals surface area (Å²) in [6.07, 6.45) is 3.72. The fourth-order valence-electron chi connectivity index (χ4n) is 4.89. The fraction of sp³-hybridized carbons (Fsp3) is 0.407. The monoisotopic (exact) mass is 566 g/mol. The van der Waals surface area contributed by atoms with Crippen LogP contribution < -0.4 is 16.0 Å². The maximum atomic E-state index is 13.0. The van der Waals surface area contributed by atoms with Crippen LogP contribution in [-0.4, -0.2) is 84.6 Å². The Kier molecular flexibility index (Phi) is 7.60. The minimum atomic E-state index is -0.148. The highest BCUT2D eigenvalue weighted by molar-refractivity contribution is 7.18. The first-order chi connectivity index (χ1) is 19.0. The summed E-state index contributed by atoms with van der Waals surface area (Å²) >= 11 is 2.95. The maximum Gasteiger partial charge on any atom is 0.321 e. The number of likely N-dealkylation sites (tertiary alicyclic amines) is 1. The van der Waals surface area contributed by atoms with Crippen LogP contribution in [0.5, 0.6) is 0 Å². The molecule has 0 radical (unpaired) electrons. The van der Waals surface area contributed by atoms with Gasteiger partial charge in [0.15, 0.2) is 0 Å². The second kappa shape index (κ2) is 11.4. The topological polar surface area (TPSA) is 116 Å². The van der Waals surface area contributed by atoms with Gasteiger partial charge in [0, 0.05) is 44.0 Å². The molecule has 5 heterocycles. The van der Waals surface area contributed by atoms with Crippen LogP contribution in [-0.2, 0) is 9.53 Å². The second-order valence-electron chi connectivity index (χ2n) is 9.88. The smallest absolute Gasteiger partial charge is 0.321 e.